The molecule has 1 aromatic heterocycles. The van der Waals surface area contributed by atoms with Gasteiger partial charge in [0.2, 0.25) is 0 Å². The summed E-state index contributed by atoms with van der Waals surface area (Å²) >= 11 is 3.44. The Morgan fingerprint density at radius 1 is 1.30 bits per heavy atom. The van der Waals surface area contributed by atoms with E-state index in [1.807, 2.05) is 24.3 Å². The van der Waals surface area contributed by atoms with Gasteiger partial charge in [-0.1, -0.05) is 28.9 Å². The van der Waals surface area contributed by atoms with Crippen LogP contribution in [0.4, 0.5) is 0 Å². The summed E-state index contributed by atoms with van der Waals surface area (Å²) in [5, 5.41) is 3.40. The Morgan fingerprint density at radius 2 is 2.20 bits per heavy atom. The van der Waals surface area contributed by atoms with E-state index in [0.29, 0.717) is 6.61 Å². The van der Waals surface area contributed by atoms with E-state index < -0.39 is 0 Å². The molecule has 108 valence electrons. The highest BCUT2D eigenvalue weighted by molar-refractivity contribution is 9.10. The molecule has 4 heteroatoms. The molecular formula is C16H21BrN2O. The van der Waals surface area contributed by atoms with E-state index in [4.69, 9.17) is 4.74 Å². The summed E-state index contributed by atoms with van der Waals surface area (Å²) < 4.78 is 8.94. The van der Waals surface area contributed by atoms with Gasteiger partial charge in [0.25, 0.3) is 0 Å². The Labute approximate surface area is 129 Å². The van der Waals surface area contributed by atoms with Crippen LogP contribution in [0.3, 0.4) is 0 Å². The van der Waals surface area contributed by atoms with Gasteiger partial charge in [0.15, 0.2) is 0 Å². The van der Waals surface area contributed by atoms with Crippen LogP contribution >= 0.6 is 15.9 Å². The molecule has 1 heterocycles. The monoisotopic (exact) mass is 336 g/mol. The van der Waals surface area contributed by atoms with E-state index in [1.165, 1.54) is 12.0 Å². The second kappa shape index (κ2) is 8.12. The largest absolute Gasteiger partial charge is 0.492 e. The van der Waals surface area contributed by atoms with Crippen molar-refractivity contribution in [3.05, 3.63) is 52.8 Å². The van der Waals surface area contributed by atoms with Crippen molar-refractivity contribution in [3.8, 4) is 5.75 Å². The number of halogens is 1. The third-order valence-corrected chi connectivity index (χ3v) is 3.48. The molecule has 0 unspecified atom stereocenters. The van der Waals surface area contributed by atoms with E-state index >= 15 is 0 Å². The molecule has 1 N–H and O–H groups in total. The molecule has 2 rings (SSSR count). The van der Waals surface area contributed by atoms with Crippen molar-refractivity contribution >= 4 is 15.9 Å². The first kappa shape index (κ1) is 15.1. The molecule has 0 aliphatic rings. The maximum Gasteiger partial charge on any atom is 0.120 e. The Hall–Kier alpha value is -1.26. The lowest BCUT2D eigenvalue weighted by Crippen LogP contribution is -2.13. The normalized spacial score (nSPS) is 10.7. The highest BCUT2D eigenvalue weighted by atomic mass is 79.9. The van der Waals surface area contributed by atoms with Crippen molar-refractivity contribution in [1.82, 2.24) is 9.88 Å². The van der Waals surface area contributed by atoms with Gasteiger partial charge in [-0.3, -0.25) is 0 Å². The van der Waals surface area contributed by atoms with Crippen molar-refractivity contribution in [2.24, 2.45) is 0 Å². The Kier molecular flexibility index (Phi) is 6.15. The third-order valence-electron chi connectivity index (χ3n) is 2.98. The van der Waals surface area contributed by atoms with Crippen molar-refractivity contribution in [3.63, 3.8) is 0 Å². The SMILES string of the molecule is CCCNCc1ccn(CCOc2cccc(Br)c2)c1. The molecule has 0 aliphatic heterocycles. The molecular weight excluding hydrogens is 316 g/mol. The molecule has 0 spiro atoms. The molecule has 0 bridgehead atoms. The molecule has 0 saturated carbocycles. The molecule has 20 heavy (non-hydrogen) atoms. The second-order valence-electron chi connectivity index (χ2n) is 4.74. The summed E-state index contributed by atoms with van der Waals surface area (Å²) in [6, 6.07) is 10.1. The zero-order chi connectivity index (χ0) is 14.2. The van der Waals surface area contributed by atoms with E-state index in [9.17, 15) is 0 Å². The van der Waals surface area contributed by atoms with Gasteiger partial charge in [-0.05, 0) is 42.8 Å². The Bertz CT molecular complexity index is 525. The van der Waals surface area contributed by atoms with Crippen LogP contribution in [0.5, 0.6) is 5.75 Å². The van der Waals surface area contributed by atoms with Gasteiger partial charge in [0.05, 0.1) is 6.54 Å². The van der Waals surface area contributed by atoms with Crippen LogP contribution in [0.2, 0.25) is 0 Å². The van der Waals surface area contributed by atoms with Crippen LogP contribution < -0.4 is 10.1 Å². The summed E-state index contributed by atoms with van der Waals surface area (Å²) in [6.07, 6.45) is 5.45. The van der Waals surface area contributed by atoms with Crippen molar-refractivity contribution < 1.29 is 4.74 Å². The number of nitrogens with one attached hydrogen (secondary N) is 1. The lowest BCUT2D eigenvalue weighted by atomic mass is 10.3. The van der Waals surface area contributed by atoms with Crippen LogP contribution in [-0.4, -0.2) is 17.7 Å². The molecule has 0 fully saturated rings. The minimum atomic E-state index is 0.674. The molecule has 0 amide bonds. The number of benzene rings is 1. The van der Waals surface area contributed by atoms with Gasteiger partial charge in [-0.15, -0.1) is 0 Å². The van der Waals surface area contributed by atoms with E-state index in [-0.39, 0.29) is 0 Å². The molecule has 0 radical (unpaired) electrons. The average Bonchev–Trinajstić information content (AvgIpc) is 2.87. The number of hydrogen-bond donors (Lipinski definition) is 1. The molecule has 0 aliphatic carbocycles. The van der Waals surface area contributed by atoms with Gasteiger partial charge < -0.3 is 14.6 Å². The predicted molar refractivity (Wildman–Crippen MR) is 86.1 cm³/mol. The fraction of sp³-hybridized carbons (Fsp3) is 0.375. The number of rotatable bonds is 8. The van der Waals surface area contributed by atoms with Crippen molar-refractivity contribution in [1.29, 1.82) is 0 Å². The van der Waals surface area contributed by atoms with Gasteiger partial charge in [-0.2, -0.15) is 0 Å². The summed E-state index contributed by atoms with van der Waals surface area (Å²) in [5.74, 6) is 0.899. The molecule has 2 aromatic rings. The summed E-state index contributed by atoms with van der Waals surface area (Å²) in [7, 11) is 0. The number of aromatic nitrogens is 1. The van der Waals surface area contributed by atoms with Gasteiger partial charge >= 0.3 is 0 Å². The first-order chi connectivity index (χ1) is 9.78. The van der Waals surface area contributed by atoms with E-state index in [1.54, 1.807) is 0 Å². The fourth-order valence-corrected chi connectivity index (χ4v) is 2.35. The Balaban J connectivity index is 1.74. The summed E-state index contributed by atoms with van der Waals surface area (Å²) in [4.78, 5) is 0. The first-order valence-electron chi connectivity index (χ1n) is 7.01. The third kappa shape index (κ3) is 5.02. The molecule has 0 saturated heterocycles. The predicted octanol–water partition coefficient (Wildman–Crippen LogP) is 3.83. The van der Waals surface area contributed by atoms with Gasteiger partial charge in [0, 0.05) is 23.4 Å². The zero-order valence-corrected chi connectivity index (χ0v) is 13.4. The lowest BCUT2D eigenvalue weighted by Gasteiger charge is -2.07. The van der Waals surface area contributed by atoms with E-state index in [0.717, 1.165) is 29.9 Å². The van der Waals surface area contributed by atoms with Crippen LogP contribution in [0, 0.1) is 0 Å². The standard InChI is InChI=1S/C16H21BrN2O/c1-2-7-18-12-14-6-8-19(13-14)9-10-20-16-5-3-4-15(17)11-16/h3-6,8,11,13,18H,2,7,9-10,12H2,1H3. The Morgan fingerprint density at radius 3 is 3.00 bits per heavy atom. The molecule has 3 nitrogen and oxygen atoms in total. The van der Waals surface area contributed by atoms with Crippen LogP contribution in [0.15, 0.2) is 47.2 Å². The van der Waals surface area contributed by atoms with Crippen LogP contribution in [0.25, 0.3) is 0 Å². The number of nitrogens with zero attached hydrogens (tertiary/aromatic N) is 1. The van der Waals surface area contributed by atoms with Crippen LogP contribution in [-0.2, 0) is 13.1 Å². The highest BCUT2D eigenvalue weighted by Gasteiger charge is 1.98. The van der Waals surface area contributed by atoms with Crippen molar-refractivity contribution in [2.45, 2.75) is 26.4 Å². The highest BCUT2D eigenvalue weighted by Crippen LogP contribution is 2.17. The van der Waals surface area contributed by atoms with E-state index in [2.05, 4.69) is 51.2 Å². The molecule has 1 aromatic carbocycles. The average molecular weight is 337 g/mol. The second-order valence-corrected chi connectivity index (χ2v) is 5.66. The van der Waals surface area contributed by atoms with Gasteiger partial charge in [0.1, 0.15) is 12.4 Å². The van der Waals surface area contributed by atoms with Gasteiger partial charge in [-0.25, -0.2) is 0 Å². The lowest BCUT2D eigenvalue weighted by molar-refractivity contribution is 0.298. The first-order valence-corrected chi connectivity index (χ1v) is 7.81. The maximum absolute atomic E-state index is 5.73. The summed E-state index contributed by atoms with van der Waals surface area (Å²) in [6.45, 7) is 5.72. The smallest absolute Gasteiger partial charge is 0.120 e. The van der Waals surface area contributed by atoms with Crippen molar-refractivity contribution in [2.75, 3.05) is 13.2 Å². The number of ether oxygens (including phenoxy) is 1. The molecule has 0 atom stereocenters. The minimum absolute atomic E-state index is 0.674. The quantitative estimate of drug-likeness (QED) is 0.741. The van der Waals surface area contributed by atoms with Crippen LogP contribution in [0.1, 0.15) is 18.9 Å². The zero-order valence-electron chi connectivity index (χ0n) is 11.8. The minimum Gasteiger partial charge on any atom is -0.492 e. The topological polar surface area (TPSA) is 26.2 Å². The fourth-order valence-electron chi connectivity index (χ4n) is 1.97. The number of hydrogen-bond acceptors (Lipinski definition) is 2. The summed E-state index contributed by atoms with van der Waals surface area (Å²) in [5.41, 5.74) is 1.32. The maximum atomic E-state index is 5.73.